The largest absolute Gasteiger partial charge is 0.406 e. The summed E-state index contributed by atoms with van der Waals surface area (Å²) < 4.78 is 49.9. The van der Waals surface area contributed by atoms with E-state index in [1.807, 2.05) is 55.4 Å². The number of nitrogens with one attached hydrogen (secondary N) is 2. The van der Waals surface area contributed by atoms with Gasteiger partial charge in [0.05, 0.1) is 91.9 Å². The maximum absolute atomic E-state index is 12.9. The fraction of sp³-hybridized carbons (Fsp3) is 1.00. The van der Waals surface area contributed by atoms with Crippen LogP contribution in [-0.2, 0) is 27.2 Å². The summed E-state index contributed by atoms with van der Waals surface area (Å²) in [5, 5.41) is 6.10. The first-order chi connectivity index (χ1) is 18.3. The third-order valence-corrected chi connectivity index (χ3v) is 10.2. The van der Waals surface area contributed by atoms with Crippen LogP contribution >= 0.6 is 15.5 Å². The van der Waals surface area contributed by atoms with Gasteiger partial charge in [-0.3, -0.25) is 18.1 Å². The molecule has 0 rings (SSSR count). The van der Waals surface area contributed by atoms with Crippen LogP contribution < -0.4 is 10.2 Å². The molecule has 0 aromatic carbocycles. The minimum Gasteiger partial charge on any atom is -0.327 e. The van der Waals surface area contributed by atoms with Crippen molar-refractivity contribution in [3.05, 3.63) is 0 Å². The Hall–Kier alpha value is 0.140. The number of hydrogen-bond acceptors (Lipinski definition) is 6. The van der Waals surface area contributed by atoms with E-state index in [-0.39, 0.29) is 24.4 Å². The fourth-order valence-electron chi connectivity index (χ4n) is 4.30. The number of rotatable bonds is 25. The number of quaternary nitrogens is 2. The number of unbranched alkanes of at least 4 members (excludes halogenated alkanes) is 5. The zero-order chi connectivity index (χ0) is 31.0. The van der Waals surface area contributed by atoms with Crippen LogP contribution in [0.5, 0.6) is 0 Å². The van der Waals surface area contributed by atoms with E-state index in [1.165, 1.54) is 38.5 Å². The molecule has 0 radical (unpaired) electrons. The third-order valence-electron chi connectivity index (χ3n) is 6.22. The van der Waals surface area contributed by atoms with Gasteiger partial charge >= 0.3 is 15.5 Å². The van der Waals surface area contributed by atoms with Crippen LogP contribution in [0.1, 0.15) is 93.9 Å². The van der Waals surface area contributed by atoms with Crippen LogP contribution in [0.2, 0.25) is 0 Å². The Labute approximate surface area is 247 Å². The van der Waals surface area contributed by atoms with Gasteiger partial charge in [0.25, 0.3) is 0 Å². The molecule has 0 unspecified atom stereocenters. The second-order valence-corrected chi connectivity index (χ2v) is 16.8. The Bertz CT molecular complexity index is 673. The second kappa shape index (κ2) is 19.4. The Balaban J connectivity index is 4.18. The molecule has 40 heavy (non-hydrogen) atoms. The molecule has 0 aromatic rings. The van der Waals surface area contributed by atoms with Gasteiger partial charge in [0.1, 0.15) is 0 Å². The van der Waals surface area contributed by atoms with Gasteiger partial charge in [-0.1, -0.05) is 12.8 Å². The Morgan fingerprint density at radius 2 is 0.725 bits per heavy atom. The summed E-state index contributed by atoms with van der Waals surface area (Å²) in [6.45, 7) is 20.0. The lowest BCUT2D eigenvalue weighted by molar-refractivity contribution is -0.889. The fourth-order valence-corrected chi connectivity index (χ4v) is 7.66. The van der Waals surface area contributed by atoms with Crippen molar-refractivity contribution in [2.75, 3.05) is 67.5 Å². The molecule has 0 atom stereocenters. The van der Waals surface area contributed by atoms with E-state index in [0.29, 0.717) is 13.1 Å². The zero-order valence-electron chi connectivity index (χ0n) is 28.0. The Kier molecular flexibility index (Phi) is 19.5. The van der Waals surface area contributed by atoms with Gasteiger partial charge in [-0.15, -0.1) is 0 Å². The minimum atomic E-state index is -3.29. The normalized spacial score (nSPS) is 13.9. The molecular weight excluding hydrogens is 550 g/mol. The molecule has 0 amide bonds. The SMILES string of the molecule is CC(C)OP(=O)(NCC[N+](C)(C)CCCCCCCC[N+](C)(C)CCNP(=O)(OC(C)C)OC(C)C)OC(C)C. The van der Waals surface area contributed by atoms with Crippen LogP contribution in [-0.4, -0.2) is 101 Å². The zero-order valence-corrected chi connectivity index (χ0v) is 29.8. The lowest BCUT2D eigenvalue weighted by Crippen LogP contribution is -2.45. The highest BCUT2D eigenvalue weighted by Crippen LogP contribution is 2.46. The summed E-state index contributed by atoms with van der Waals surface area (Å²) in [4.78, 5) is 0. The molecule has 0 aromatic heterocycles. The third kappa shape index (κ3) is 21.8. The van der Waals surface area contributed by atoms with Gasteiger partial charge in [-0.25, -0.2) is 19.3 Å². The molecule has 0 spiro atoms. The molecule has 0 saturated carbocycles. The predicted octanol–water partition coefficient (Wildman–Crippen LogP) is 6.58. The lowest BCUT2D eigenvalue weighted by atomic mass is 10.1. The summed E-state index contributed by atoms with van der Waals surface area (Å²) in [5.41, 5.74) is 0. The topological polar surface area (TPSA) is 95.1 Å². The first-order valence-electron chi connectivity index (χ1n) is 15.4. The maximum Gasteiger partial charge on any atom is 0.406 e. The Morgan fingerprint density at radius 3 is 0.975 bits per heavy atom. The number of hydrogen-bond donors (Lipinski definition) is 2. The predicted molar refractivity (Wildman–Crippen MR) is 167 cm³/mol. The molecule has 0 aliphatic carbocycles. The molecule has 0 saturated heterocycles. The Morgan fingerprint density at radius 1 is 0.475 bits per heavy atom. The molecule has 0 bridgehead atoms. The van der Waals surface area contributed by atoms with Gasteiger partial charge in [0.15, 0.2) is 0 Å². The van der Waals surface area contributed by atoms with E-state index in [0.717, 1.165) is 35.1 Å². The van der Waals surface area contributed by atoms with Crippen molar-refractivity contribution < 1.29 is 36.2 Å². The summed E-state index contributed by atoms with van der Waals surface area (Å²) in [5.74, 6) is 0. The van der Waals surface area contributed by atoms with Crippen molar-refractivity contribution >= 4 is 15.5 Å². The second-order valence-electron chi connectivity index (χ2n) is 13.3. The van der Waals surface area contributed by atoms with Gasteiger partial charge in [0.2, 0.25) is 0 Å². The molecule has 10 nitrogen and oxygen atoms in total. The molecule has 242 valence electrons. The van der Waals surface area contributed by atoms with E-state index in [1.54, 1.807) is 0 Å². The van der Waals surface area contributed by atoms with Gasteiger partial charge < -0.3 is 8.97 Å². The standard InChI is InChI=1S/C28H66N4O6P2/c1-25(2)35-39(33,36-26(3)4)29-19-23-31(9,10)21-17-15-13-14-16-18-22-32(11,12)24-20-30-40(34,37-27(5)6)38-28(7)8/h25-28H,13-24H2,1-12H3,(H,29,33)(H,30,34)/q+2. The summed E-state index contributed by atoms with van der Waals surface area (Å²) in [6, 6.07) is 0. The van der Waals surface area contributed by atoms with Crippen molar-refractivity contribution in [1.29, 1.82) is 0 Å². The van der Waals surface area contributed by atoms with Crippen molar-refractivity contribution in [2.45, 2.75) is 118 Å². The van der Waals surface area contributed by atoms with Crippen LogP contribution in [0.15, 0.2) is 0 Å². The quantitative estimate of drug-likeness (QED) is 0.0676. The molecular formula is C28H66N4O6P2+2. The van der Waals surface area contributed by atoms with Crippen molar-refractivity contribution in [1.82, 2.24) is 10.2 Å². The average Bonchev–Trinajstić information content (AvgIpc) is 2.72. The van der Waals surface area contributed by atoms with Gasteiger partial charge in [-0.2, -0.15) is 0 Å². The van der Waals surface area contributed by atoms with Crippen molar-refractivity contribution in [2.24, 2.45) is 0 Å². The van der Waals surface area contributed by atoms with Crippen LogP contribution in [0, 0.1) is 0 Å². The highest BCUT2D eigenvalue weighted by Gasteiger charge is 2.29. The van der Waals surface area contributed by atoms with Crippen LogP contribution in [0.4, 0.5) is 0 Å². The average molecular weight is 617 g/mol. The molecule has 2 N–H and O–H groups in total. The van der Waals surface area contributed by atoms with Gasteiger partial charge in [0, 0.05) is 0 Å². The molecule has 0 aliphatic heterocycles. The van der Waals surface area contributed by atoms with E-state index in [2.05, 4.69) is 38.4 Å². The van der Waals surface area contributed by atoms with Crippen molar-refractivity contribution in [3.63, 3.8) is 0 Å². The highest BCUT2D eigenvalue weighted by atomic mass is 31.2. The van der Waals surface area contributed by atoms with E-state index < -0.39 is 15.5 Å². The monoisotopic (exact) mass is 616 g/mol. The summed E-state index contributed by atoms with van der Waals surface area (Å²) in [6.07, 6.45) is 6.64. The molecule has 0 aliphatic rings. The van der Waals surface area contributed by atoms with Gasteiger partial charge in [-0.05, 0) is 81.1 Å². The smallest absolute Gasteiger partial charge is 0.327 e. The maximum atomic E-state index is 12.9. The first-order valence-corrected chi connectivity index (χ1v) is 18.5. The van der Waals surface area contributed by atoms with Crippen LogP contribution in [0.25, 0.3) is 0 Å². The van der Waals surface area contributed by atoms with Crippen molar-refractivity contribution in [3.8, 4) is 0 Å². The van der Waals surface area contributed by atoms with E-state index in [4.69, 9.17) is 18.1 Å². The van der Waals surface area contributed by atoms with Crippen LogP contribution in [0.3, 0.4) is 0 Å². The van der Waals surface area contributed by atoms with E-state index >= 15 is 0 Å². The highest BCUT2D eigenvalue weighted by molar-refractivity contribution is 7.51. The van der Waals surface area contributed by atoms with E-state index in [9.17, 15) is 9.13 Å². The first kappa shape index (κ1) is 40.1. The molecule has 0 fully saturated rings. The lowest BCUT2D eigenvalue weighted by Gasteiger charge is -2.31. The minimum absolute atomic E-state index is 0.166. The molecule has 0 heterocycles. The molecule has 12 heteroatoms. The number of nitrogens with zero attached hydrogens (tertiary/aromatic N) is 2. The number of likely N-dealkylation sites (N-methyl/N-ethyl adjacent to an activating group) is 2. The summed E-state index contributed by atoms with van der Waals surface area (Å²) in [7, 11) is 2.30. The summed E-state index contributed by atoms with van der Waals surface area (Å²) >= 11 is 0.